The van der Waals surface area contributed by atoms with Gasteiger partial charge in [-0.05, 0) is 37.0 Å². The topological polar surface area (TPSA) is 55.4 Å². The third-order valence-corrected chi connectivity index (χ3v) is 5.78. The molecule has 1 aromatic rings. The number of nitrogens with one attached hydrogen (secondary N) is 1. The zero-order valence-corrected chi connectivity index (χ0v) is 13.4. The largest absolute Gasteiger partial charge is 0.462 e. The fourth-order valence-corrected chi connectivity index (χ4v) is 4.89. The Balaban J connectivity index is 1.57. The van der Waals surface area contributed by atoms with Crippen molar-refractivity contribution in [2.45, 2.75) is 18.9 Å². The van der Waals surface area contributed by atoms with E-state index in [0.717, 1.165) is 17.3 Å². The normalized spacial score (nSPS) is 35.9. The van der Waals surface area contributed by atoms with Crippen LogP contribution in [0.1, 0.15) is 12.8 Å². The molecule has 1 amide bonds. The molecule has 2 bridgehead atoms. The molecule has 0 unspecified atom stereocenters. The minimum absolute atomic E-state index is 0.0489. The summed E-state index contributed by atoms with van der Waals surface area (Å²) in [4.78, 5) is 24.5. The summed E-state index contributed by atoms with van der Waals surface area (Å²) in [5, 5.41) is 3.35. The average Bonchev–Trinajstić information content (AvgIpc) is 3.02. The van der Waals surface area contributed by atoms with Gasteiger partial charge in [0.1, 0.15) is 6.10 Å². The Hall–Kier alpha value is -1.07. The van der Waals surface area contributed by atoms with Crippen LogP contribution in [0.15, 0.2) is 22.7 Å². The highest BCUT2D eigenvalue weighted by Crippen LogP contribution is 2.57. The second kappa shape index (κ2) is 4.71. The predicted octanol–water partition coefficient (Wildman–Crippen LogP) is 3.24. The van der Waals surface area contributed by atoms with Gasteiger partial charge in [0.05, 0.1) is 22.5 Å². The van der Waals surface area contributed by atoms with E-state index in [1.807, 2.05) is 6.07 Å². The van der Waals surface area contributed by atoms with Gasteiger partial charge in [-0.25, -0.2) is 0 Å². The number of halogens is 2. The Kier molecular flexibility index (Phi) is 3.05. The van der Waals surface area contributed by atoms with Gasteiger partial charge >= 0.3 is 5.97 Å². The molecular formula is C15H13BrClNO3. The Labute approximate surface area is 135 Å². The van der Waals surface area contributed by atoms with Crippen LogP contribution >= 0.6 is 27.5 Å². The molecule has 1 saturated heterocycles. The lowest BCUT2D eigenvalue weighted by Crippen LogP contribution is -2.35. The smallest absolute Gasteiger partial charge is 0.310 e. The van der Waals surface area contributed by atoms with E-state index < -0.39 is 0 Å². The lowest BCUT2D eigenvalue weighted by atomic mass is 9.79. The van der Waals surface area contributed by atoms with Gasteiger partial charge in [0.25, 0.3) is 0 Å². The molecule has 4 rings (SSSR count). The van der Waals surface area contributed by atoms with Crippen LogP contribution in [0.4, 0.5) is 5.69 Å². The zero-order valence-electron chi connectivity index (χ0n) is 11.0. The molecule has 4 nitrogen and oxygen atoms in total. The Morgan fingerprint density at radius 3 is 2.95 bits per heavy atom. The van der Waals surface area contributed by atoms with Gasteiger partial charge in [-0.15, -0.1) is 0 Å². The van der Waals surface area contributed by atoms with E-state index in [9.17, 15) is 9.59 Å². The molecule has 1 aromatic carbocycles. The maximum absolute atomic E-state index is 12.6. The van der Waals surface area contributed by atoms with Gasteiger partial charge in [-0.2, -0.15) is 0 Å². The molecule has 2 aliphatic carbocycles. The molecule has 1 N–H and O–H groups in total. The summed E-state index contributed by atoms with van der Waals surface area (Å²) in [6.45, 7) is 0. The van der Waals surface area contributed by atoms with Crippen LogP contribution in [-0.4, -0.2) is 18.0 Å². The highest BCUT2D eigenvalue weighted by molar-refractivity contribution is 9.10. The monoisotopic (exact) mass is 369 g/mol. The molecule has 0 aromatic heterocycles. The van der Waals surface area contributed by atoms with Crippen molar-refractivity contribution in [3.05, 3.63) is 27.7 Å². The fraction of sp³-hybridized carbons (Fsp3) is 0.467. The van der Waals surface area contributed by atoms with E-state index in [1.54, 1.807) is 12.1 Å². The third kappa shape index (κ3) is 2.01. The van der Waals surface area contributed by atoms with Crippen molar-refractivity contribution in [1.29, 1.82) is 0 Å². The molecular weight excluding hydrogens is 358 g/mol. The summed E-state index contributed by atoms with van der Waals surface area (Å²) >= 11 is 9.46. The number of esters is 1. The van der Waals surface area contributed by atoms with E-state index in [4.69, 9.17) is 16.3 Å². The van der Waals surface area contributed by atoms with Crippen LogP contribution in [0.25, 0.3) is 0 Å². The number of hydrogen-bond donors (Lipinski definition) is 1. The lowest BCUT2D eigenvalue weighted by Gasteiger charge is -2.23. The van der Waals surface area contributed by atoms with Crippen molar-refractivity contribution in [2.24, 2.45) is 23.7 Å². The molecule has 2 saturated carbocycles. The van der Waals surface area contributed by atoms with Crippen molar-refractivity contribution in [3.8, 4) is 0 Å². The van der Waals surface area contributed by atoms with Crippen LogP contribution in [-0.2, 0) is 14.3 Å². The van der Waals surface area contributed by atoms with Crippen LogP contribution in [0.2, 0.25) is 5.02 Å². The van der Waals surface area contributed by atoms with E-state index in [0.29, 0.717) is 10.7 Å². The van der Waals surface area contributed by atoms with Gasteiger partial charge in [0.15, 0.2) is 0 Å². The standard InChI is InChI=1S/C15H13BrClNO3/c16-7-1-2-10(9(17)5-7)18-14(19)12-6-3-8-11(4-6)21-15(20)13(8)12/h1-2,5-6,8,11-13H,3-4H2,(H,18,19)/t6-,8+,11-,12-,13+/m1/s1. The van der Waals surface area contributed by atoms with Crippen molar-refractivity contribution >= 4 is 45.1 Å². The van der Waals surface area contributed by atoms with Crippen molar-refractivity contribution in [1.82, 2.24) is 0 Å². The summed E-state index contributed by atoms with van der Waals surface area (Å²) in [6.07, 6.45) is 1.79. The molecule has 0 radical (unpaired) electrons. The first-order valence-electron chi connectivity index (χ1n) is 7.01. The highest BCUT2D eigenvalue weighted by Gasteiger charge is 2.63. The quantitative estimate of drug-likeness (QED) is 0.813. The van der Waals surface area contributed by atoms with Crippen molar-refractivity contribution in [2.75, 3.05) is 5.32 Å². The lowest BCUT2D eigenvalue weighted by molar-refractivity contribution is -0.145. The predicted molar refractivity (Wildman–Crippen MR) is 80.9 cm³/mol. The van der Waals surface area contributed by atoms with Gasteiger partial charge in [-0.1, -0.05) is 27.5 Å². The SMILES string of the molecule is O=C(Nc1ccc(Br)cc1Cl)[C@@H]1[C@@H]2C[C@@H]3[C@@H]1C(=O)O[C@@H]3C2. The number of rotatable bonds is 2. The molecule has 1 aliphatic heterocycles. The van der Waals surface area contributed by atoms with Crippen LogP contribution in [0, 0.1) is 23.7 Å². The second-order valence-corrected chi connectivity index (χ2v) is 7.36. The summed E-state index contributed by atoms with van der Waals surface area (Å²) < 4.78 is 6.21. The van der Waals surface area contributed by atoms with E-state index in [2.05, 4.69) is 21.2 Å². The first-order chi connectivity index (χ1) is 10.0. The number of anilines is 1. The summed E-state index contributed by atoms with van der Waals surface area (Å²) in [7, 11) is 0. The molecule has 110 valence electrons. The summed E-state index contributed by atoms with van der Waals surface area (Å²) in [5.41, 5.74) is 0.579. The molecule has 21 heavy (non-hydrogen) atoms. The van der Waals surface area contributed by atoms with Gasteiger partial charge in [0.2, 0.25) is 5.91 Å². The highest BCUT2D eigenvalue weighted by atomic mass is 79.9. The number of fused-ring (bicyclic) bond motifs is 1. The van der Waals surface area contributed by atoms with Crippen molar-refractivity contribution < 1.29 is 14.3 Å². The maximum atomic E-state index is 12.6. The number of ether oxygens (including phenoxy) is 1. The van der Waals surface area contributed by atoms with E-state index >= 15 is 0 Å². The van der Waals surface area contributed by atoms with Gasteiger partial charge < -0.3 is 10.1 Å². The molecule has 3 fully saturated rings. The van der Waals surface area contributed by atoms with Crippen LogP contribution < -0.4 is 5.32 Å². The number of carbonyl (C=O) groups excluding carboxylic acids is 2. The first kappa shape index (κ1) is 13.6. The first-order valence-corrected chi connectivity index (χ1v) is 8.18. The molecule has 0 spiro atoms. The summed E-state index contributed by atoms with van der Waals surface area (Å²) in [6, 6.07) is 5.31. The fourth-order valence-electron chi connectivity index (χ4n) is 4.17. The number of amides is 1. The maximum Gasteiger partial charge on any atom is 0.310 e. The number of benzene rings is 1. The molecule has 3 aliphatic rings. The van der Waals surface area contributed by atoms with Crippen LogP contribution in [0.3, 0.4) is 0 Å². The number of carbonyl (C=O) groups is 2. The molecule has 6 heteroatoms. The molecule has 5 atom stereocenters. The Morgan fingerprint density at radius 1 is 1.38 bits per heavy atom. The number of hydrogen-bond acceptors (Lipinski definition) is 3. The minimum atomic E-state index is -0.277. The zero-order chi connectivity index (χ0) is 14.7. The van der Waals surface area contributed by atoms with E-state index in [1.165, 1.54) is 0 Å². The summed E-state index contributed by atoms with van der Waals surface area (Å²) in [5.74, 6) is -0.366. The van der Waals surface area contributed by atoms with E-state index in [-0.39, 0.29) is 41.7 Å². The van der Waals surface area contributed by atoms with Gasteiger partial charge in [-0.3, -0.25) is 9.59 Å². The average molecular weight is 371 g/mol. The van der Waals surface area contributed by atoms with Crippen molar-refractivity contribution in [3.63, 3.8) is 0 Å². The van der Waals surface area contributed by atoms with Gasteiger partial charge in [0, 0.05) is 10.4 Å². The Bertz CT molecular complexity index is 648. The second-order valence-electron chi connectivity index (χ2n) is 6.04. The third-order valence-electron chi connectivity index (χ3n) is 4.97. The Morgan fingerprint density at radius 2 is 2.19 bits per heavy atom. The minimum Gasteiger partial charge on any atom is -0.462 e. The van der Waals surface area contributed by atoms with Crippen LogP contribution in [0.5, 0.6) is 0 Å². The molecule has 1 heterocycles.